The van der Waals surface area contributed by atoms with E-state index in [0.717, 1.165) is 33.8 Å². The fourth-order valence-electron chi connectivity index (χ4n) is 3.81. The zero-order valence-corrected chi connectivity index (χ0v) is 18.5. The van der Waals surface area contributed by atoms with Gasteiger partial charge in [0.05, 0.1) is 25.9 Å². The molecule has 3 aromatic carbocycles. The number of aliphatic hydroxyl groups is 3. The predicted octanol–water partition coefficient (Wildman–Crippen LogP) is 2.76. The number of hydrogen-bond acceptors (Lipinski definition) is 7. The summed E-state index contributed by atoms with van der Waals surface area (Å²) >= 11 is 0. The van der Waals surface area contributed by atoms with Gasteiger partial charge in [0.1, 0.15) is 5.41 Å². The number of benzene rings is 3. The molecule has 0 spiro atoms. The SMILES string of the molecule is N#CC(c1ccc(NCCO)cc1)(c1ccc(NCCO)cc1)c1ccc(NCCO)cc1. The molecule has 0 aromatic heterocycles. The summed E-state index contributed by atoms with van der Waals surface area (Å²) in [5.41, 5.74) is 4.04. The van der Waals surface area contributed by atoms with E-state index >= 15 is 0 Å². The van der Waals surface area contributed by atoms with E-state index in [1.165, 1.54) is 0 Å². The molecule has 0 saturated heterocycles. The number of nitrogens with one attached hydrogen (secondary N) is 3. The summed E-state index contributed by atoms with van der Waals surface area (Å²) in [6, 6.07) is 25.6. The molecule has 7 nitrogen and oxygen atoms in total. The maximum absolute atomic E-state index is 10.6. The highest BCUT2D eigenvalue weighted by Gasteiger charge is 2.36. The topological polar surface area (TPSA) is 121 Å². The molecule has 0 unspecified atom stereocenters. The van der Waals surface area contributed by atoms with Crippen LogP contribution in [0.3, 0.4) is 0 Å². The van der Waals surface area contributed by atoms with E-state index in [-0.39, 0.29) is 19.8 Å². The Kier molecular flexibility index (Phi) is 8.67. The summed E-state index contributed by atoms with van der Waals surface area (Å²) in [5.74, 6) is 0. The Labute approximate surface area is 194 Å². The van der Waals surface area contributed by atoms with E-state index in [4.69, 9.17) is 15.3 Å². The van der Waals surface area contributed by atoms with Crippen LogP contribution in [-0.2, 0) is 5.41 Å². The lowest BCUT2D eigenvalue weighted by Crippen LogP contribution is -2.27. The van der Waals surface area contributed by atoms with Gasteiger partial charge in [-0.1, -0.05) is 36.4 Å². The predicted molar refractivity (Wildman–Crippen MR) is 132 cm³/mol. The number of anilines is 3. The number of nitriles is 1. The maximum atomic E-state index is 10.6. The highest BCUT2D eigenvalue weighted by atomic mass is 16.3. The van der Waals surface area contributed by atoms with Crippen molar-refractivity contribution >= 4 is 17.1 Å². The summed E-state index contributed by atoms with van der Waals surface area (Å²) in [6.45, 7) is 1.47. The number of hydrogen-bond donors (Lipinski definition) is 6. The maximum Gasteiger partial charge on any atom is 0.132 e. The molecular formula is C26H30N4O3. The molecule has 0 aliphatic heterocycles. The second kappa shape index (κ2) is 11.9. The number of rotatable bonds is 12. The first-order valence-electron chi connectivity index (χ1n) is 10.9. The third kappa shape index (κ3) is 5.62. The quantitative estimate of drug-likeness (QED) is 0.237. The van der Waals surface area contributed by atoms with E-state index in [2.05, 4.69) is 22.0 Å². The van der Waals surface area contributed by atoms with Crippen LogP contribution in [-0.4, -0.2) is 54.8 Å². The fourth-order valence-corrected chi connectivity index (χ4v) is 3.81. The lowest BCUT2D eigenvalue weighted by atomic mass is 9.70. The van der Waals surface area contributed by atoms with Crippen molar-refractivity contribution in [3.63, 3.8) is 0 Å². The smallest absolute Gasteiger partial charge is 0.132 e. The Balaban J connectivity index is 2.05. The van der Waals surface area contributed by atoms with Gasteiger partial charge in [-0.25, -0.2) is 0 Å². The third-order valence-electron chi connectivity index (χ3n) is 5.44. The van der Waals surface area contributed by atoms with Crippen LogP contribution < -0.4 is 16.0 Å². The molecule has 33 heavy (non-hydrogen) atoms. The zero-order chi connectivity index (χ0) is 23.5. The Morgan fingerprint density at radius 3 is 1.03 bits per heavy atom. The molecule has 0 saturated carbocycles. The van der Waals surface area contributed by atoms with Crippen LogP contribution in [0.15, 0.2) is 72.8 Å². The molecule has 0 aliphatic carbocycles. The van der Waals surface area contributed by atoms with Crippen molar-refractivity contribution in [2.75, 3.05) is 55.4 Å². The first-order valence-corrected chi connectivity index (χ1v) is 10.9. The van der Waals surface area contributed by atoms with Gasteiger partial charge in [0, 0.05) is 36.7 Å². The lowest BCUT2D eigenvalue weighted by molar-refractivity contribution is 0.311. The van der Waals surface area contributed by atoms with Crippen molar-refractivity contribution in [2.24, 2.45) is 0 Å². The molecule has 0 fully saturated rings. The first-order chi connectivity index (χ1) is 16.2. The van der Waals surface area contributed by atoms with Crippen LogP contribution in [0.2, 0.25) is 0 Å². The summed E-state index contributed by atoms with van der Waals surface area (Å²) in [4.78, 5) is 0. The molecule has 3 aromatic rings. The molecule has 0 atom stereocenters. The molecule has 0 heterocycles. The van der Waals surface area contributed by atoms with Crippen LogP contribution in [0.1, 0.15) is 16.7 Å². The van der Waals surface area contributed by atoms with E-state index < -0.39 is 5.41 Å². The van der Waals surface area contributed by atoms with Gasteiger partial charge >= 0.3 is 0 Å². The minimum atomic E-state index is -1.04. The minimum Gasteiger partial charge on any atom is -0.395 e. The van der Waals surface area contributed by atoms with Crippen LogP contribution >= 0.6 is 0 Å². The summed E-state index contributed by atoms with van der Waals surface area (Å²) < 4.78 is 0. The van der Waals surface area contributed by atoms with Crippen molar-refractivity contribution in [3.8, 4) is 6.07 Å². The Morgan fingerprint density at radius 1 is 0.545 bits per heavy atom. The summed E-state index contributed by atoms with van der Waals surface area (Å²) in [7, 11) is 0. The van der Waals surface area contributed by atoms with Gasteiger partial charge in [-0.3, -0.25) is 0 Å². The molecule has 7 heteroatoms. The van der Waals surface area contributed by atoms with Gasteiger partial charge in [-0.15, -0.1) is 0 Å². The number of aliphatic hydroxyl groups excluding tert-OH is 3. The van der Waals surface area contributed by atoms with Gasteiger partial charge in [-0.2, -0.15) is 5.26 Å². The van der Waals surface area contributed by atoms with Gasteiger partial charge in [-0.05, 0) is 53.1 Å². The Bertz CT molecular complexity index is 904. The van der Waals surface area contributed by atoms with Gasteiger partial charge in [0.15, 0.2) is 0 Å². The average Bonchev–Trinajstić information content (AvgIpc) is 2.87. The summed E-state index contributed by atoms with van der Waals surface area (Å²) in [5, 5.41) is 47.1. The molecule has 0 bridgehead atoms. The van der Waals surface area contributed by atoms with Gasteiger partial charge in [0.25, 0.3) is 0 Å². The zero-order valence-electron chi connectivity index (χ0n) is 18.5. The van der Waals surface area contributed by atoms with Crippen LogP contribution in [0.5, 0.6) is 0 Å². The Morgan fingerprint density at radius 2 is 0.818 bits per heavy atom. The highest BCUT2D eigenvalue weighted by Crippen LogP contribution is 2.40. The van der Waals surface area contributed by atoms with Gasteiger partial charge < -0.3 is 31.3 Å². The molecule has 6 N–H and O–H groups in total. The van der Waals surface area contributed by atoms with Crippen molar-refractivity contribution in [3.05, 3.63) is 89.5 Å². The molecule has 0 amide bonds. The van der Waals surface area contributed by atoms with Crippen molar-refractivity contribution in [1.82, 2.24) is 0 Å². The molecule has 172 valence electrons. The molecule has 0 aliphatic rings. The third-order valence-corrected chi connectivity index (χ3v) is 5.44. The van der Waals surface area contributed by atoms with Crippen molar-refractivity contribution in [2.45, 2.75) is 5.41 Å². The fraction of sp³-hybridized carbons (Fsp3) is 0.269. The normalized spacial score (nSPS) is 11.0. The largest absolute Gasteiger partial charge is 0.395 e. The van der Waals surface area contributed by atoms with E-state index in [0.29, 0.717) is 19.6 Å². The molecule has 0 radical (unpaired) electrons. The summed E-state index contributed by atoms with van der Waals surface area (Å²) in [6.07, 6.45) is 0. The van der Waals surface area contributed by atoms with Gasteiger partial charge in [0.2, 0.25) is 0 Å². The average molecular weight is 447 g/mol. The van der Waals surface area contributed by atoms with Crippen LogP contribution in [0, 0.1) is 11.3 Å². The minimum absolute atomic E-state index is 0.0389. The van der Waals surface area contributed by atoms with E-state index in [1.54, 1.807) is 0 Å². The first kappa shape index (κ1) is 24.1. The standard InChI is InChI=1S/C26H30N4O3/c27-19-26(20-1-7-23(8-2-20)28-13-16-31,21-3-9-24(10-4-21)29-14-17-32)22-5-11-25(12-6-22)30-15-18-33/h1-12,28-33H,13-18H2. The lowest BCUT2D eigenvalue weighted by Gasteiger charge is -2.29. The number of nitrogens with zero attached hydrogens (tertiary/aromatic N) is 1. The van der Waals surface area contributed by atoms with Crippen molar-refractivity contribution in [1.29, 1.82) is 5.26 Å². The van der Waals surface area contributed by atoms with Crippen molar-refractivity contribution < 1.29 is 15.3 Å². The van der Waals surface area contributed by atoms with E-state index in [1.807, 2.05) is 72.8 Å². The Hall–Kier alpha value is -3.57. The van der Waals surface area contributed by atoms with E-state index in [9.17, 15) is 5.26 Å². The van der Waals surface area contributed by atoms with Crippen LogP contribution in [0.4, 0.5) is 17.1 Å². The monoisotopic (exact) mass is 446 g/mol. The highest BCUT2D eigenvalue weighted by molar-refractivity contribution is 5.62. The van der Waals surface area contributed by atoms with Crippen LogP contribution in [0.25, 0.3) is 0 Å². The second-order valence-electron chi connectivity index (χ2n) is 7.55. The molecule has 3 rings (SSSR count). The second-order valence-corrected chi connectivity index (χ2v) is 7.55. The molecular weight excluding hydrogens is 416 g/mol.